The lowest BCUT2D eigenvalue weighted by Crippen LogP contribution is -2.33. The van der Waals surface area contributed by atoms with Crippen LogP contribution in [0.3, 0.4) is 0 Å². The summed E-state index contributed by atoms with van der Waals surface area (Å²) in [4.78, 5) is 9.01. The van der Waals surface area contributed by atoms with Crippen LogP contribution in [-0.4, -0.2) is 16.2 Å². The van der Waals surface area contributed by atoms with Crippen molar-refractivity contribution in [3.05, 3.63) is 215 Å². The zero-order valence-electron chi connectivity index (χ0n) is 62.3. The first-order valence-corrected chi connectivity index (χ1v) is 29.3. The maximum atomic E-state index is 10.5. The van der Waals surface area contributed by atoms with Crippen LogP contribution in [0.2, 0.25) is 0 Å². The standard InChI is InChI=1S/C78H84N4O/c1-73(2,3)53-33-35-59(65(45-53)76(10,11)12)50-28-30-51(31-29-50)62-43-55(75(7,8)9)44-63(52-32-37-64-66(42-52)78(15,16)40-39-77(64,13)14)72(62)81-49-80(68-26-19-20-27-69(68)81)56-22-21-23-57(47-56)83-58-34-36-61-60-24-17-18-25-67(60)82(70(61)48-58)71-46-54(38-41-79-71)74(4,5)6/h17-38,41-48H,39-40,49H2,1-16H3/i17D,18D,24D,25D,28D,29D,30D,31D,32D,37D,42D. The summed E-state index contributed by atoms with van der Waals surface area (Å²) < 4.78 is 116. The summed E-state index contributed by atoms with van der Waals surface area (Å²) in [5, 5.41) is 0.980. The first-order chi connectivity index (χ1) is 43.7. The van der Waals surface area contributed by atoms with Gasteiger partial charge in [0.05, 0.1) is 43.2 Å². The van der Waals surface area contributed by atoms with E-state index >= 15 is 0 Å². The van der Waals surface area contributed by atoms with Crippen LogP contribution in [0, 0.1) is 0 Å². The Hall–Kier alpha value is -7.89. The largest absolute Gasteiger partial charge is 0.457 e. The van der Waals surface area contributed by atoms with E-state index in [-0.39, 0.29) is 101 Å². The Morgan fingerprint density at radius 3 is 1.76 bits per heavy atom. The lowest BCUT2D eigenvalue weighted by Gasteiger charge is -2.42. The van der Waals surface area contributed by atoms with E-state index in [2.05, 4.69) is 127 Å². The Kier molecular flexibility index (Phi) is 10.5. The van der Waals surface area contributed by atoms with Crippen LogP contribution >= 0.6 is 0 Å². The van der Waals surface area contributed by atoms with Crippen LogP contribution in [-0.2, 0) is 32.5 Å². The molecule has 2 aromatic heterocycles. The van der Waals surface area contributed by atoms with Crippen molar-refractivity contribution < 1.29 is 19.8 Å². The molecule has 0 fully saturated rings. The van der Waals surface area contributed by atoms with Crippen molar-refractivity contribution >= 4 is 44.6 Å². The fourth-order valence-corrected chi connectivity index (χ4v) is 12.1. The molecular weight excluding hydrogens is 1010 g/mol. The van der Waals surface area contributed by atoms with Crippen molar-refractivity contribution in [2.24, 2.45) is 0 Å². The van der Waals surface area contributed by atoms with Gasteiger partial charge < -0.3 is 14.5 Å². The van der Waals surface area contributed by atoms with E-state index in [4.69, 9.17) is 13.8 Å². The minimum absolute atomic E-state index is 0.0618. The van der Waals surface area contributed by atoms with Crippen LogP contribution in [0.4, 0.5) is 22.7 Å². The predicted octanol–water partition coefficient (Wildman–Crippen LogP) is 21.8. The molecule has 0 bridgehead atoms. The SMILES string of the molecule is [2H]c1c([2H])c(-c2cc(C(C)(C)C)cc(-c3c([2H])c([2H])c4c(c3[2H])C(C)(C)CCC4(C)C)c2N2CN(c3cccc(Oc4ccc5c6c([2H])c([2H])c([2H])c([2H])c6n(-c6cc(C(C)(C)C)ccn6)c5c4)c3)c3ccccc32)c([2H])c([2H])c1-c1ccc(C(C)(C)C)cc1C(C)(C)C. The van der Waals surface area contributed by atoms with E-state index in [1.165, 1.54) is 0 Å². The molecule has 1 aliphatic carbocycles. The smallest absolute Gasteiger partial charge is 0.137 e. The van der Waals surface area contributed by atoms with Gasteiger partial charge in [-0.05, 0) is 168 Å². The summed E-state index contributed by atoms with van der Waals surface area (Å²) in [7, 11) is 0. The van der Waals surface area contributed by atoms with E-state index in [0.29, 0.717) is 67.1 Å². The first-order valence-electron chi connectivity index (χ1n) is 34.8. The summed E-state index contributed by atoms with van der Waals surface area (Å²) in [5.41, 5.74) is 8.38. The maximum absolute atomic E-state index is 10.5. The minimum Gasteiger partial charge on any atom is -0.457 e. The highest BCUT2D eigenvalue weighted by atomic mass is 16.5. The molecule has 10 aromatic rings. The molecule has 2 aliphatic rings. The third-order valence-electron chi connectivity index (χ3n) is 17.2. The van der Waals surface area contributed by atoms with Crippen molar-refractivity contribution in [1.29, 1.82) is 0 Å². The van der Waals surface area contributed by atoms with E-state index in [9.17, 15) is 11.0 Å². The minimum atomic E-state index is -0.587. The highest BCUT2D eigenvalue weighted by Gasteiger charge is 2.39. The lowest BCUT2D eigenvalue weighted by molar-refractivity contribution is 0.332. The van der Waals surface area contributed by atoms with E-state index in [0.717, 1.165) is 57.7 Å². The van der Waals surface area contributed by atoms with Gasteiger partial charge in [0.15, 0.2) is 0 Å². The number of hydrogen-bond acceptors (Lipinski definition) is 4. The Labute approximate surface area is 510 Å². The summed E-state index contributed by atoms with van der Waals surface area (Å²) >= 11 is 0. The van der Waals surface area contributed by atoms with Gasteiger partial charge in [0.2, 0.25) is 0 Å². The predicted molar refractivity (Wildman–Crippen MR) is 354 cm³/mol. The number of rotatable bonds is 8. The molecule has 1 aliphatic heterocycles. The second kappa shape index (κ2) is 19.9. The number of anilines is 4. The molecule has 0 N–H and O–H groups in total. The van der Waals surface area contributed by atoms with Gasteiger partial charge in [-0.25, -0.2) is 4.98 Å². The molecule has 12 rings (SSSR count). The number of pyridine rings is 1. The first kappa shape index (κ1) is 43.7. The summed E-state index contributed by atoms with van der Waals surface area (Å²) in [6.45, 7) is 33.9. The number of fused-ring (bicyclic) bond motifs is 5. The van der Waals surface area contributed by atoms with Crippen LogP contribution in [0.5, 0.6) is 11.5 Å². The number of ether oxygens (including phenoxy) is 1. The summed E-state index contributed by atoms with van der Waals surface area (Å²) in [5.74, 6) is 1.42. The topological polar surface area (TPSA) is 33.5 Å². The fraction of sp³-hybridized carbons (Fsp3) is 0.321. The molecule has 0 atom stereocenters. The molecule has 0 radical (unpaired) electrons. The monoisotopic (exact) mass is 1100 g/mol. The number of hydrogen-bond donors (Lipinski definition) is 0. The van der Waals surface area contributed by atoms with E-state index in [1.807, 2.05) is 97.1 Å². The van der Waals surface area contributed by atoms with E-state index in [1.54, 1.807) is 16.8 Å². The Balaban J connectivity index is 1.07. The molecule has 0 amide bonds. The summed E-state index contributed by atoms with van der Waals surface area (Å²) in [6, 6.07) is 33.4. The highest BCUT2D eigenvalue weighted by molar-refractivity contribution is 6.09. The van der Waals surface area contributed by atoms with Crippen LogP contribution in [0.25, 0.3) is 61.0 Å². The van der Waals surface area contributed by atoms with Crippen molar-refractivity contribution in [3.63, 3.8) is 0 Å². The molecule has 0 saturated heterocycles. The molecule has 0 unspecified atom stereocenters. The molecule has 3 heterocycles. The van der Waals surface area contributed by atoms with Gasteiger partial charge in [0.1, 0.15) is 24.0 Å². The van der Waals surface area contributed by atoms with E-state index < -0.39 is 21.7 Å². The normalized spacial score (nSPS) is 17.1. The van der Waals surface area contributed by atoms with Crippen LogP contribution in [0.1, 0.15) is 172 Å². The Morgan fingerprint density at radius 2 is 1.08 bits per heavy atom. The van der Waals surface area contributed by atoms with Crippen LogP contribution in [0.15, 0.2) is 182 Å². The van der Waals surface area contributed by atoms with Crippen molar-refractivity contribution in [3.8, 4) is 50.7 Å². The van der Waals surface area contributed by atoms with Gasteiger partial charge in [-0.3, -0.25) is 4.57 Å². The van der Waals surface area contributed by atoms with Gasteiger partial charge in [0, 0.05) is 45.9 Å². The van der Waals surface area contributed by atoms with Gasteiger partial charge in [-0.2, -0.15) is 0 Å². The van der Waals surface area contributed by atoms with Gasteiger partial charge in [-0.15, -0.1) is 0 Å². The third-order valence-corrected chi connectivity index (χ3v) is 17.2. The molecule has 0 saturated carbocycles. The number of aromatic nitrogens is 2. The van der Waals surface area contributed by atoms with Gasteiger partial charge in [0.25, 0.3) is 0 Å². The lowest BCUT2D eigenvalue weighted by atomic mass is 9.63. The average molecular weight is 1100 g/mol. The molecular formula is C78H84N4O. The average Bonchev–Trinajstić information content (AvgIpc) is 1.20. The maximum Gasteiger partial charge on any atom is 0.137 e. The van der Waals surface area contributed by atoms with Crippen molar-refractivity contribution in [2.75, 3.05) is 16.5 Å². The van der Waals surface area contributed by atoms with Gasteiger partial charge in [-0.1, -0.05) is 208 Å². The molecule has 5 heteroatoms. The zero-order valence-corrected chi connectivity index (χ0v) is 51.3. The third kappa shape index (κ3) is 10.2. The molecule has 0 spiro atoms. The second-order valence-electron chi connectivity index (χ2n) is 28.4. The Morgan fingerprint density at radius 1 is 0.482 bits per heavy atom. The number of nitrogens with zero attached hydrogens (tertiary/aromatic N) is 4. The molecule has 8 aromatic carbocycles. The Bertz CT molecular complexity index is 4790. The van der Waals surface area contributed by atoms with Crippen LogP contribution < -0.4 is 14.5 Å². The fourth-order valence-electron chi connectivity index (χ4n) is 12.1. The molecule has 5 nitrogen and oxygen atoms in total. The van der Waals surface area contributed by atoms with Crippen molar-refractivity contribution in [1.82, 2.24) is 9.55 Å². The number of benzene rings is 8. The van der Waals surface area contributed by atoms with Crippen molar-refractivity contribution in [2.45, 2.75) is 156 Å². The zero-order chi connectivity index (χ0) is 68.3. The molecule has 422 valence electrons. The molecule has 83 heavy (non-hydrogen) atoms. The quantitative estimate of drug-likeness (QED) is 0.152. The second-order valence-corrected chi connectivity index (χ2v) is 28.4. The highest BCUT2D eigenvalue weighted by Crippen LogP contribution is 2.54. The van der Waals surface area contributed by atoms with Gasteiger partial charge >= 0.3 is 0 Å². The summed E-state index contributed by atoms with van der Waals surface area (Å²) in [6.07, 6.45) is 3.27. The number of para-hydroxylation sites is 3.